The SMILES string of the molecule is Cc1ccc(S(=O)(=O)N(CCN2CCOCC2)c2ccc3c(c2)OCCO3)cc1. The number of sulfonamides is 1. The second-order valence-electron chi connectivity index (χ2n) is 7.17. The van der Waals surface area contributed by atoms with Crippen LogP contribution in [-0.2, 0) is 14.8 Å². The lowest BCUT2D eigenvalue weighted by atomic mass is 10.2. The standard InChI is InChI=1S/C21H26N2O5S/c1-17-2-5-19(6-3-17)29(24,25)23(9-8-22-10-12-26-13-11-22)18-4-7-20-21(16-18)28-15-14-27-20/h2-7,16H,8-15H2,1H3. The predicted molar refractivity (Wildman–Crippen MR) is 110 cm³/mol. The van der Waals surface area contributed by atoms with Crippen LogP contribution in [0.4, 0.5) is 5.69 Å². The molecular weight excluding hydrogens is 392 g/mol. The third-order valence-corrected chi connectivity index (χ3v) is 6.99. The van der Waals surface area contributed by atoms with Gasteiger partial charge < -0.3 is 14.2 Å². The molecule has 7 nitrogen and oxygen atoms in total. The second kappa shape index (κ2) is 8.61. The minimum atomic E-state index is -3.72. The molecule has 0 aliphatic carbocycles. The average Bonchev–Trinajstić information content (AvgIpc) is 2.75. The van der Waals surface area contributed by atoms with E-state index in [1.54, 1.807) is 30.3 Å². The van der Waals surface area contributed by atoms with E-state index in [0.29, 0.717) is 56.7 Å². The van der Waals surface area contributed by atoms with E-state index in [9.17, 15) is 8.42 Å². The summed E-state index contributed by atoms with van der Waals surface area (Å²) in [7, 11) is -3.72. The molecular formula is C21H26N2O5S. The number of anilines is 1. The first-order chi connectivity index (χ1) is 14.0. The van der Waals surface area contributed by atoms with Crippen molar-refractivity contribution in [2.24, 2.45) is 0 Å². The van der Waals surface area contributed by atoms with Gasteiger partial charge in [0, 0.05) is 32.2 Å². The molecule has 2 aliphatic rings. The Bertz CT molecular complexity index is 940. The Labute approximate surface area is 171 Å². The van der Waals surface area contributed by atoms with Gasteiger partial charge in [0.15, 0.2) is 11.5 Å². The van der Waals surface area contributed by atoms with Crippen LogP contribution in [0.25, 0.3) is 0 Å². The van der Waals surface area contributed by atoms with Crippen molar-refractivity contribution in [3.8, 4) is 11.5 Å². The normalized spacial score (nSPS) is 17.1. The van der Waals surface area contributed by atoms with Crippen LogP contribution in [0.5, 0.6) is 11.5 Å². The molecule has 2 aromatic rings. The molecule has 2 heterocycles. The Morgan fingerprint density at radius 1 is 0.931 bits per heavy atom. The fourth-order valence-corrected chi connectivity index (χ4v) is 4.92. The van der Waals surface area contributed by atoms with E-state index in [4.69, 9.17) is 14.2 Å². The van der Waals surface area contributed by atoms with E-state index >= 15 is 0 Å². The molecule has 0 amide bonds. The van der Waals surface area contributed by atoms with E-state index in [-0.39, 0.29) is 4.90 Å². The van der Waals surface area contributed by atoms with Crippen LogP contribution in [0.15, 0.2) is 47.4 Å². The highest BCUT2D eigenvalue weighted by atomic mass is 32.2. The Morgan fingerprint density at radius 2 is 1.62 bits per heavy atom. The molecule has 1 saturated heterocycles. The van der Waals surface area contributed by atoms with Crippen LogP contribution in [0, 0.1) is 6.92 Å². The molecule has 1 fully saturated rings. The van der Waals surface area contributed by atoms with Crippen molar-refractivity contribution >= 4 is 15.7 Å². The van der Waals surface area contributed by atoms with Gasteiger partial charge in [-0.2, -0.15) is 0 Å². The summed E-state index contributed by atoms with van der Waals surface area (Å²) < 4.78 is 45.1. The van der Waals surface area contributed by atoms with Crippen molar-refractivity contribution in [3.05, 3.63) is 48.0 Å². The first kappa shape index (κ1) is 20.0. The van der Waals surface area contributed by atoms with E-state index in [1.165, 1.54) is 4.31 Å². The van der Waals surface area contributed by atoms with Crippen LogP contribution in [0.1, 0.15) is 5.56 Å². The highest BCUT2D eigenvalue weighted by Gasteiger charge is 2.27. The molecule has 156 valence electrons. The number of fused-ring (bicyclic) bond motifs is 1. The fraction of sp³-hybridized carbons (Fsp3) is 0.429. The lowest BCUT2D eigenvalue weighted by molar-refractivity contribution is 0.0395. The van der Waals surface area contributed by atoms with Gasteiger partial charge in [-0.25, -0.2) is 8.42 Å². The third-order valence-electron chi connectivity index (χ3n) is 5.15. The predicted octanol–water partition coefficient (Wildman–Crippen LogP) is 2.29. The van der Waals surface area contributed by atoms with Crippen molar-refractivity contribution < 1.29 is 22.6 Å². The van der Waals surface area contributed by atoms with Crippen molar-refractivity contribution in [3.63, 3.8) is 0 Å². The second-order valence-corrected chi connectivity index (χ2v) is 9.03. The quantitative estimate of drug-likeness (QED) is 0.717. The minimum Gasteiger partial charge on any atom is -0.486 e. The zero-order valence-corrected chi connectivity index (χ0v) is 17.4. The summed E-state index contributed by atoms with van der Waals surface area (Å²) in [6.07, 6.45) is 0. The summed E-state index contributed by atoms with van der Waals surface area (Å²) >= 11 is 0. The number of aryl methyl sites for hydroxylation is 1. The molecule has 2 aliphatic heterocycles. The summed E-state index contributed by atoms with van der Waals surface area (Å²) in [5.74, 6) is 1.21. The summed E-state index contributed by atoms with van der Waals surface area (Å²) in [5.41, 5.74) is 1.59. The van der Waals surface area contributed by atoms with Gasteiger partial charge in [-0.3, -0.25) is 9.21 Å². The third kappa shape index (κ3) is 4.49. The van der Waals surface area contributed by atoms with E-state index in [0.717, 1.165) is 18.7 Å². The molecule has 0 N–H and O–H groups in total. The molecule has 0 radical (unpaired) electrons. The van der Waals surface area contributed by atoms with Crippen LogP contribution in [0.2, 0.25) is 0 Å². The van der Waals surface area contributed by atoms with Crippen LogP contribution in [0.3, 0.4) is 0 Å². The van der Waals surface area contributed by atoms with Gasteiger partial charge in [-0.15, -0.1) is 0 Å². The first-order valence-corrected chi connectivity index (χ1v) is 11.3. The molecule has 0 bridgehead atoms. The van der Waals surface area contributed by atoms with Crippen molar-refractivity contribution in [1.82, 2.24) is 4.90 Å². The molecule has 4 rings (SSSR count). The van der Waals surface area contributed by atoms with Gasteiger partial charge in [0.1, 0.15) is 13.2 Å². The van der Waals surface area contributed by atoms with Gasteiger partial charge in [0.2, 0.25) is 0 Å². The topological polar surface area (TPSA) is 68.3 Å². The maximum Gasteiger partial charge on any atom is 0.264 e. The monoisotopic (exact) mass is 418 g/mol. The van der Waals surface area contributed by atoms with Crippen molar-refractivity contribution in [2.75, 3.05) is 56.9 Å². The fourth-order valence-electron chi connectivity index (χ4n) is 3.47. The molecule has 2 aromatic carbocycles. The number of ether oxygens (including phenoxy) is 3. The summed E-state index contributed by atoms with van der Waals surface area (Å²) in [6, 6.07) is 12.2. The summed E-state index contributed by atoms with van der Waals surface area (Å²) in [5, 5.41) is 0. The van der Waals surface area contributed by atoms with E-state index < -0.39 is 10.0 Å². The average molecular weight is 419 g/mol. The lowest BCUT2D eigenvalue weighted by Crippen LogP contribution is -2.43. The molecule has 0 spiro atoms. The molecule has 0 aromatic heterocycles. The molecule has 0 saturated carbocycles. The molecule has 0 unspecified atom stereocenters. The van der Waals surface area contributed by atoms with Crippen LogP contribution < -0.4 is 13.8 Å². The van der Waals surface area contributed by atoms with Gasteiger partial charge in [-0.05, 0) is 31.2 Å². The lowest BCUT2D eigenvalue weighted by Gasteiger charge is -2.31. The molecule has 0 atom stereocenters. The minimum absolute atomic E-state index is 0.278. The largest absolute Gasteiger partial charge is 0.486 e. The number of nitrogens with zero attached hydrogens (tertiary/aromatic N) is 2. The van der Waals surface area contributed by atoms with Gasteiger partial charge in [-0.1, -0.05) is 17.7 Å². The number of benzene rings is 2. The number of rotatable bonds is 6. The zero-order valence-electron chi connectivity index (χ0n) is 16.5. The van der Waals surface area contributed by atoms with E-state index in [1.807, 2.05) is 19.1 Å². The Morgan fingerprint density at radius 3 is 2.34 bits per heavy atom. The number of hydrogen-bond acceptors (Lipinski definition) is 6. The summed E-state index contributed by atoms with van der Waals surface area (Å²) in [4.78, 5) is 2.50. The zero-order chi connectivity index (χ0) is 20.3. The van der Waals surface area contributed by atoms with Crippen molar-refractivity contribution in [1.29, 1.82) is 0 Å². The smallest absolute Gasteiger partial charge is 0.264 e. The highest BCUT2D eigenvalue weighted by Crippen LogP contribution is 2.35. The Hall–Kier alpha value is -2.29. The summed E-state index contributed by atoms with van der Waals surface area (Å²) in [6.45, 7) is 6.82. The number of hydrogen-bond donors (Lipinski definition) is 0. The first-order valence-electron chi connectivity index (χ1n) is 9.83. The maximum absolute atomic E-state index is 13.5. The van der Waals surface area contributed by atoms with E-state index in [2.05, 4.69) is 4.90 Å². The number of morpholine rings is 1. The van der Waals surface area contributed by atoms with Gasteiger partial charge >= 0.3 is 0 Å². The Balaban J connectivity index is 1.65. The van der Waals surface area contributed by atoms with Gasteiger partial charge in [0.25, 0.3) is 10.0 Å². The molecule has 8 heteroatoms. The Kier molecular flexibility index (Phi) is 5.94. The maximum atomic E-state index is 13.5. The van der Waals surface area contributed by atoms with Crippen LogP contribution in [-0.4, -0.2) is 65.9 Å². The highest BCUT2D eigenvalue weighted by molar-refractivity contribution is 7.92. The van der Waals surface area contributed by atoms with Crippen LogP contribution >= 0.6 is 0 Å². The molecule has 29 heavy (non-hydrogen) atoms. The van der Waals surface area contributed by atoms with Gasteiger partial charge in [0.05, 0.1) is 23.8 Å². The van der Waals surface area contributed by atoms with Crippen molar-refractivity contribution in [2.45, 2.75) is 11.8 Å².